The zero-order valence-corrected chi connectivity index (χ0v) is 15.4. The summed E-state index contributed by atoms with van der Waals surface area (Å²) in [5.74, 6) is -0.905. The molecule has 7 heteroatoms. The molecule has 0 bridgehead atoms. The Bertz CT molecular complexity index is 1060. The molecule has 1 aromatic heterocycles. The summed E-state index contributed by atoms with van der Waals surface area (Å²) in [6.07, 6.45) is 0. The highest BCUT2D eigenvalue weighted by molar-refractivity contribution is 6.30. The molecule has 0 saturated heterocycles. The van der Waals surface area contributed by atoms with Crippen LogP contribution in [0, 0.1) is 11.3 Å². The summed E-state index contributed by atoms with van der Waals surface area (Å²) in [7, 11) is 0. The first-order valence-electron chi connectivity index (χ1n) is 8.37. The number of para-hydroxylation sites is 1. The highest BCUT2D eigenvalue weighted by Gasteiger charge is 2.13. The van der Waals surface area contributed by atoms with Gasteiger partial charge in [0.25, 0.3) is 11.8 Å². The number of hydrogen-bond donors (Lipinski definition) is 2. The minimum absolute atomic E-state index is 0.0758. The van der Waals surface area contributed by atoms with Crippen molar-refractivity contribution >= 4 is 29.1 Å². The van der Waals surface area contributed by atoms with Gasteiger partial charge in [0.2, 0.25) is 0 Å². The Morgan fingerprint density at radius 2 is 1.61 bits per heavy atom. The Morgan fingerprint density at radius 1 is 0.929 bits per heavy atom. The van der Waals surface area contributed by atoms with Gasteiger partial charge in [-0.05, 0) is 42.0 Å². The van der Waals surface area contributed by atoms with E-state index in [4.69, 9.17) is 16.9 Å². The summed E-state index contributed by atoms with van der Waals surface area (Å²) in [6.45, 7) is 0.309. The van der Waals surface area contributed by atoms with E-state index in [2.05, 4.69) is 15.6 Å². The smallest absolute Gasteiger partial charge is 0.274 e. The van der Waals surface area contributed by atoms with E-state index in [1.54, 1.807) is 42.5 Å². The van der Waals surface area contributed by atoms with Gasteiger partial charge in [-0.25, -0.2) is 4.98 Å². The first kappa shape index (κ1) is 19.1. The number of carbonyl (C=O) groups excluding carboxylic acids is 2. The fourth-order valence-electron chi connectivity index (χ4n) is 2.44. The minimum Gasteiger partial charge on any atom is -0.347 e. The molecule has 0 unspecified atom stereocenters. The molecule has 0 fully saturated rings. The maximum absolute atomic E-state index is 12.4. The second-order valence-electron chi connectivity index (χ2n) is 5.83. The molecule has 2 aromatic carbocycles. The molecule has 138 valence electrons. The minimum atomic E-state index is -0.505. The number of halogens is 1. The second kappa shape index (κ2) is 8.80. The summed E-state index contributed by atoms with van der Waals surface area (Å²) in [5.41, 5.74) is 1.81. The molecule has 1 heterocycles. The highest BCUT2D eigenvalue weighted by atomic mass is 35.5. The molecule has 0 spiro atoms. The van der Waals surface area contributed by atoms with Crippen LogP contribution >= 0.6 is 11.6 Å². The van der Waals surface area contributed by atoms with E-state index in [1.165, 1.54) is 12.1 Å². The number of amides is 2. The van der Waals surface area contributed by atoms with Gasteiger partial charge in [-0.3, -0.25) is 9.59 Å². The van der Waals surface area contributed by atoms with E-state index in [0.29, 0.717) is 22.8 Å². The first-order valence-corrected chi connectivity index (χ1v) is 8.75. The van der Waals surface area contributed by atoms with E-state index in [-0.39, 0.29) is 11.4 Å². The average molecular weight is 391 g/mol. The van der Waals surface area contributed by atoms with Gasteiger partial charge in [0.15, 0.2) is 0 Å². The third-order valence-corrected chi connectivity index (χ3v) is 4.13. The number of nitrogens with one attached hydrogen (secondary N) is 2. The first-order chi connectivity index (χ1) is 13.6. The molecule has 28 heavy (non-hydrogen) atoms. The maximum atomic E-state index is 12.4. The maximum Gasteiger partial charge on any atom is 0.274 e. The summed E-state index contributed by atoms with van der Waals surface area (Å²) in [4.78, 5) is 28.9. The van der Waals surface area contributed by atoms with E-state index >= 15 is 0 Å². The van der Waals surface area contributed by atoms with Crippen LogP contribution in [-0.2, 0) is 6.54 Å². The fourth-order valence-corrected chi connectivity index (χ4v) is 2.56. The van der Waals surface area contributed by atoms with Crippen LogP contribution in [0.15, 0.2) is 66.7 Å². The zero-order chi connectivity index (χ0) is 19.9. The van der Waals surface area contributed by atoms with Gasteiger partial charge in [0.05, 0.1) is 11.3 Å². The molecule has 0 saturated carbocycles. The number of hydrogen-bond acceptors (Lipinski definition) is 4. The molecule has 0 atom stereocenters. The number of aromatic nitrogens is 1. The number of nitriles is 1. The van der Waals surface area contributed by atoms with Gasteiger partial charge in [-0.1, -0.05) is 41.9 Å². The number of nitrogens with zero attached hydrogens (tertiary/aromatic N) is 2. The normalized spacial score (nSPS) is 10.0. The van der Waals surface area contributed by atoms with Crippen molar-refractivity contribution < 1.29 is 9.59 Å². The third kappa shape index (κ3) is 4.72. The molecule has 0 aliphatic carbocycles. The number of rotatable bonds is 5. The van der Waals surface area contributed by atoms with E-state index < -0.39 is 11.8 Å². The molecule has 3 aromatic rings. The van der Waals surface area contributed by atoms with Crippen LogP contribution in [0.4, 0.5) is 5.69 Å². The largest absolute Gasteiger partial charge is 0.347 e. The SMILES string of the molecule is N#Cc1ccccc1NC(=O)c1cccc(C(=O)NCc2ccc(Cl)cc2)n1. The Balaban J connectivity index is 1.69. The average Bonchev–Trinajstić information content (AvgIpc) is 2.73. The van der Waals surface area contributed by atoms with Crippen molar-refractivity contribution in [1.29, 1.82) is 5.26 Å². The van der Waals surface area contributed by atoms with Gasteiger partial charge < -0.3 is 10.6 Å². The summed E-state index contributed by atoms with van der Waals surface area (Å²) in [5, 5.41) is 15.1. The lowest BCUT2D eigenvalue weighted by Crippen LogP contribution is -2.25. The standard InChI is InChI=1S/C21H15ClN4O2/c22-16-10-8-14(9-11-16)13-24-20(27)18-6-3-7-19(25-18)21(28)26-17-5-2-1-4-15(17)12-23/h1-11H,13H2,(H,24,27)(H,26,28). The van der Waals surface area contributed by atoms with E-state index in [9.17, 15) is 9.59 Å². The number of anilines is 1. The van der Waals surface area contributed by atoms with Crippen molar-refractivity contribution in [2.75, 3.05) is 5.32 Å². The van der Waals surface area contributed by atoms with Crippen molar-refractivity contribution in [3.05, 3.63) is 94.3 Å². The van der Waals surface area contributed by atoms with Crippen molar-refractivity contribution in [3.63, 3.8) is 0 Å². The number of pyridine rings is 1. The van der Waals surface area contributed by atoms with E-state index in [0.717, 1.165) is 5.56 Å². The predicted octanol–water partition coefficient (Wildman–Crippen LogP) is 3.79. The van der Waals surface area contributed by atoms with Crippen LogP contribution in [-0.4, -0.2) is 16.8 Å². The highest BCUT2D eigenvalue weighted by Crippen LogP contribution is 2.15. The van der Waals surface area contributed by atoms with Crippen LogP contribution in [0.1, 0.15) is 32.1 Å². The van der Waals surface area contributed by atoms with Gasteiger partial charge in [-0.15, -0.1) is 0 Å². The Labute approximate surface area is 166 Å². The Kier molecular flexibility index (Phi) is 6.00. The summed E-state index contributed by atoms with van der Waals surface area (Å²) in [6, 6.07) is 20.4. The lowest BCUT2D eigenvalue weighted by Gasteiger charge is -2.08. The molecule has 2 N–H and O–H groups in total. The Hall–Kier alpha value is -3.69. The molecule has 0 aliphatic rings. The third-order valence-electron chi connectivity index (χ3n) is 3.88. The summed E-state index contributed by atoms with van der Waals surface area (Å²) >= 11 is 5.84. The van der Waals surface area contributed by atoms with Crippen molar-refractivity contribution in [3.8, 4) is 6.07 Å². The van der Waals surface area contributed by atoms with Crippen LogP contribution in [0.3, 0.4) is 0 Å². The fraction of sp³-hybridized carbons (Fsp3) is 0.0476. The number of carbonyl (C=O) groups is 2. The van der Waals surface area contributed by atoms with Crippen molar-refractivity contribution in [2.45, 2.75) is 6.54 Å². The molecular weight excluding hydrogens is 376 g/mol. The quantitative estimate of drug-likeness (QED) is 0.692. The lowest BCUT2D eigenvalue weighted by atomic mass is 10.2. The van der Waals surface area contributed by atoms with Crippen LogP contribution in [0.25, 0.3) is 0 Å². The van der Waals surface area contributed by atoms with Crippen molar-refractivity contribution in [1.82, 2.24) is 10.3 Å². The predicted molar refractivity (Wildman–Crippen MR) is 106 cm³/mol. The van der Waals surface area contributed by atoms with Gasteiger partial charge in [-0.2, -0.15) is 5.26 Å². The van der Waals surface area contributed by atoms with Gasteiger partial charge >= 0.3 is 0 Å². The molecule has 3 rings (SSSR count). The van der Waals surface area contributed by atoms with Crippen LogP contribution in [0.2, 0.25) is 5.02 Å². The van der Waals surface area contributed by atoms with Crippen molar-refractivity contribution in [2.24, 2.45) is 0 Å². The molecular formula is C21H15ClN4O2. The monoisotopic (exact) mass is 390 g/mol. The van der Waals surface area contributed by atoms with Crippen LogP contribution in [0.5, 0.6) is 0 Å². The molecule has 2 amide bonds. The van der Waals surface area contributed by atoms with Gasteiger partial charge in [0.1, 0.15) is 17.5 Å². The summed E-state index contributed by atoms with van der Waals surface area (Å²) < 4.78 is 0. The topological polar surface area (TPSA) is 94.9 Å². The van der Waals surface area contributed by atoms with Crippen LogP contribution < -0.4 is 10.6 Å². The lowest BCUT2D eigenvalue weighted by molar-refractivity contribution is 0.0945. The number of benzene rings is 2. The Morgan fingerprint density at radius 3 is 2.32 bits per heavy atom. The second-order valence-corrected chi connectivity index (χ2v) is 6.27. The van der Waals surface area contributed by atoms with Gasteiger partial charge in [0, 0.05) is 11.6 Å². The molecule has 0 radical (unpaired) electrons. The molecule has 0 aliphatic heterocycles. The zero-order valence-electron chi connectivity index (χ0n) is 14.6. The van der Waals surface area contributed by atoms with E-state index in [1.807, 2.05) is 18.2 Å². The molecule has 6 nitrogen and oxygen atoms in total.